The molecule has 1 aromatic heterocycles. The van der Waals surface area contributed by atoms with Gasteiger partial charge < -0.3 is 15.5 Å². The molecule has 0 radical (unpaired) electrons. The summed E-state index contributed by atoms with van der Waals surface area (Å²) in [7, 11) is -2.94. The van der Waals surface area contributed by atoms with Crippen LogP contribution in [0.15, 0.2) is 10.4 Å². The van der Waals surface area contributed by atoms with E-state index in [0.717, 1.165) is 42.8 Å². The van der Waals surface area contributed by atoms with Crippen molar-refractivity contribution in [2.75, 3.05) is 43.1 Å². The number of anilines is 1. The summed E-state index contributed by atoms with van der Waals surface area (Å²) in [6.45, 7) is 7.63. The van der Waals surface area contributed by atoms with Gasteiger partial charge in [-0.2, -0.15) is 0 Å². The highest BCUT2D eigenvalue weighted by atomic mass is 127. The van der Waals surface area contributed by atoms with E-state index in [1.165, 1.54) is 19.1 Å². The topological polar surface area (TPSA) is 86.7 Å². The molecule has 1 aromatic rings. The number of rotatable bonds is 9. The van der Waals surface area contributed by atoms with Crippen LogP contribution in [0.1, 0.15) is 38.8 Å². The van der Waals surface area contributed by atoms with E-state index in [2.05, 4.69) is 25.9 Å². The van der Waals surface area contributed by atoms with Gasteiger partial charge in [-0.05, 0) is 33.1 Å². The Kier molecular flexibility index (Phi) is 10.9. The van der Waals surface area contributed by atoms with Gasteiger partial charge in [0.15, 0.2) is 11.1 Å². The van der Waals surface area contributed by atoms with Gasteiger partial charge in [0.1, 0.15) is 9.84 Å². The molecule has 156 valence electrons. The number of hydrogen-bond acceptors (Lipinski definition) is 6. The van der Waals surface area contributed by atoms with E-state index in [1.807, 2.05) is 13.8 Å². The number of aromatic nitrogens is 1. The quantitative estimate of drug-likeness (QED) is 0.290. The lowest BCUT2D eigenvalue weighted by Gasteiger charge is -2.17. The third-order valence-corrected chi connectivity index (χ3v) is 6.13. The molecule has 0 amide bonds. The summed E-state index contributed by atoms with van der Waals surface area (Å²) in [6.07, 6.45) is 5.15. The van der Waals surface area contributed by atoms with Crippen molar-refractivity contribution in [1.29, 1.82) is 0 Å². The summed E-state index contributed by atoms with van der Waals surface area (Å²) in [5.74, 6) is 0.905. The molecule has 0 aliphatic carbocycles. The van der Waals surface area contributed by atoms with Crippen molar-refractivity contribution < 1.29 is 8.42 Å². The molecule has 1 aliphatic heterocycles. The number of nitrogens with zero attached hydrogens (tertiary/aromatic N) is 3. The van der Waals surface area contributed by atoms with Crippen LogP contribution in [-0.2, 0) is 16.3 Å². The highest BCUT2D eigenvalue weighted by molar-refractivity contribution is 14.0. The van der Waals surface area contributed by atoms with E-state index in [4.69, 9.17) is 4.98 Å². The lowest BCUT2D eigenvalue weighted by atomic mass is 10.3. The lowest BCUT2D eigenvalue weighted by Crippen LogP contribution is -2.43. The molecule has 10 heteroatoms. The molecule has 1 unspecified atom stereocenters. The van der Waals surface area contributed by atoms with Crippen LogP contribution < -0.4 is 15.5 Å². The molecule has 1 fully saturated rings. The molecule has 1 saturated heterocycles. The summed E-state index contributed by atoms with van der Waals surface area (Å²) >= 11 is 1.71. The first-order chi connectivity index (χ1) is 12.4. The fraction of sp³-hybridized carbons (Fsp3) is 0.765. The normalized spacial score (nSPS) is 16.1. The van der Waals surface area contributed by atoms with Gasteiger partial charge in [0.2, 0.25) is 0 Å². The first-order valence-corrected chi connectivity index (χ1v) is 12.2. The minimum Gasteiger partial charge on any atom is -0.357 e. The maximum atomic E-state index is 11.3. The predicted molar refractivity (Wildman–Crippen MR) is 126 cm³/mol. The SMILES string of the molecule is CCNC(=NCCc1csc(N2CCCC2)n1)NC(C)CCS(C)(=O)=O.I. The molecular weight excluding hydrogens is 497 g/mol. The summed E-state index contributed by atoms with van der Waals surface area (Å²) in [6, 6.07) is 0.0450. The Hall–Kier alpha value is -0.620. The number of sulfone groups is 1. The van der Waals surface area contributed by atoms with Crippen LogP contribution in [0.25, 0.3) is 0 Å². The Morgan fingerprint density at radius 2 is 2.11 bits per heavy atom. The monoisotopic (exact) mass is 529 g/mol. The summed E-state index contributed by atoms with van der Waals surface area (Å²) in [5, 5.41) is 9.73. The molecular formula is C17H32IN5O2S2. The molecule has 0 spiro atoms. The second-order valence-corrected chi connectivity index (χ2v) is 9.89. The van der Waals surface area contributed by atoms with Gasteiger partial charge in [0, 0.05) is 50.3 Å². The van der Waals surface area contributed by atoms with Crippen molar-refractivity contribution >= 4 is 56.2 Å². The van der Waals surface area contributed by atoms with Crippen molar-refractivity contribution in [3.05, 3.63) is 11.1 Å². The number of guanidine groups is 1. The Morgan fingerprint density at radius 1 is 1.41 bits per heavy atom. The molecule has 0 saturated carbocycles. The first-order valence-electron chi connectivity index (χ1n) is 9.29. The third kappa shape index (κ3) is 9.42. The van der Waals surface area contributed by atoms with E-state index in [9.17, 15) is 8.42 Å². The number of aliphatic imine (C=N–C) groups is 1. The van der Waals surface area contributed by atoms with E-state index in [0.29, 0.717) is 13.0 Å². The van der Waals surface area contributed by atoms with Crippen LogP contribution >= 0.6 is 35.3 Å². The Bertz CT molecular complexity index is 687. The fourth-order valence-electron chi connectivity index (χ4n) is 2.76. The average molecular weight is 530 g/mol. The van der Waals surface area contributed by atoms with Crippen LogP contribution in [0.5, 0.6) is 0 Å². The standard InChI is InChI=1S/C17H31N5O2S2.HI/c1-4-18-16(20-14(2)8-12-26(3,23)24)19-9-7-15-13-25-17(21-15)22-10-5-6-11-22;/h13-14H,4-12H2,1-3H3,(H2,18,19,20);1H. The minimum atomic E-state index is -2.94. The maximum absolute atomic E-state index is 11.3. The summed E-state index contributed by atoms with van der Waals surface area (Å²) in [4.78, 5) is 11.7. The van der Waals surface area contributed by atoms with Crippen molar-refractivity contribution in [2.24, 2.45) is 4.99 Å². The Balaban J connectivity index is 0.00000364. The Labute approximate surface area is 184 Å². The van der Waals surface area contributed by atoms with Gasteiger partial charge >= 0.3 is 0 Å². The Morgan fingerprint density at radius 3 is 2.74 bits per heavy atom. The van der Waals surface area contributed by atoms with Gasteiger partial charge in [0.25, 0.3) is 0 Å². The highest BCUT2D eigenvalue weighted by Crippen LogP contribution is 2.24. The molecule has 0 bridgehead atoms. The van der Waals surface area contributed by atoms with Crippen molar-refractivity contribution in [1.82, 2.24) is 15.6 Å². The molecule has 7 nitrogen and oxygen atoms in total. The van der Waals surface area contributed by atoms with Gasteiger partial charge in [-0.25, -0.2) is 13.4 Å². The molecule has 2 N–H and O–H groups in total. The largest absolute Gasteiger partial charge is 0.357 e. The third-order valence-electron chi connectivity index (χ3n) is 4.20. The second kappa shape index (κ2) is 12.1. The van der Waals surface area contributed by atoms with E-state index >= 15 is 0 Å². The smallest absolute Gasteiger partial charge is 0.191 e. The number of nitrogens with one attached hydrogen (secondary N) is 2. The van der Waals surface area contributed by atoms with Gasteiger partial charge in [0.05, 0.1) is 11.4 Å². The van der Waals surface area contributed by atoms with Crippen LogP contribution in [0, 0.1) is 0 Å². The molecule has 2 rings (SSSR count). The molecule has 1 atom stereocenters. The van der Waals surface area contributed by atoms with Gasteiger partial charge in [-0.15, -0.1) is 35.3 Å². The molecule has 1 aliphatic rings. The number of halogens is 1. The number of hydrogen-bond donors (Lipinski definition) is 2. The van der Waals surface area contributed by atoms with Crippen LogP contribution in [0.2, 0.25) is 0 Å². The minimum absolute atomic E-state index is 0. The zero-order valence-corrected chi connectivity index (χ0v) is 20.4. The van der Waals surface area contributed by atoms with Crippen molar-refractivity contribution in [3.63, 3.8) is 0 Å². The van der Waals surface area contributed by atoms with Crippen molar-refractivity contribution in [3.8, 4) is 0 Å². The molecule has 2 heterocycles. The maximum Gasteiger partial charge on any atom is 0.191 e. The second-order valence-electron chi connectivity index (χ2n) is 6.79. The highest BCUT2D eigenvalue weighted by Gasteiger charge is 2.15. The van der Waals surface area contributed by atoms with E-state index in [-0.39, 0.29) is 35.8 Å². The zero-order valence-electron chi connectivity index (χ0n) is 16.4. The van der Waals surface area contributed by atoms with Crippen LogP contribution in [0.3, 0.4) is 0 Å². The summed E-state index contributed by atoms with van der Waals surface area (Å²) in [5.41, 5.74) is 1.08. The van der Waals surface area contributed by atoms with E-state index < -0.39 is 9.84 Å². The van der Waals surface area contributed by atoms with Gasteiger partial charge in [-0.3, -0.25) is 4.99 Å². The molecule has 27 heavy (non-hydrogen) atoms. The van der Waals surface area contributed by atoms with Crippen LogP contribution in [-0.4, -0.2) is 63.6 Å². The average Bonchev–Trinajstić information content (AvgIpc) is 3.23. The lowest BCUT2D eigenvalue weighted by molar-refractivity contribution is 0.581. The first kappa shape index (κ1) is 24.4. The van der Waals surface area contributed by atoms with Crippen molar-refractivity contribution in [2.45, 2.75) is 45.6 Å². The number of thiazole rings is 1. The fourth-order valence-corrected chi connectivity index (χ4v) is 4.46. The predicted octanol–water partition coefficient (Wildman–Crippen LogP) is 2.28. The van der Waals surface area contributed by atoms with Gasteiger partial charge in [-0.1, -0.05) is 0 Å². The van der Waals surface area contributed by atoms with Crippen LogP contribution in [0.4, 0.5) is 5.13 Å². The molecule has 0 aromatic carbocycles. The summed E-state index contributed by atoms with van der Waals surface area (Å²) < 4.78 is 22.6. The van der Waals surface area contributed by atoms with E-state index in [1.54, 1.807) is 11.3 Å². The zero-order chi connectivity index (χ0) is 19.0.